The van der Waals surface area contributed by atoms with Crippen molar-refractivity contribution in [1.29, 1.82) is 0 Å². The van der Waals surface area contributed by atoms with E-state index in [2.05, 4.69) is 4.74 Å². The van der Waals surface area contributed by atoms with Crippen LogP contribution in [0.15, 0.2) is 18.2 Å². The molecule has 0 aliphatic heterocycles. The van der Waals surface area contributed by atoms with Crippen LogP contribution in [0.1, 0.15) is 24.2 Å². The Hall–Kier alpha value is -1.23. The lowest BCUT2D eigenvalue weighted by Crippen LogP contribution is -2.19. The minimum absolute atomic E-state index is 0.182. The van der Waals surface area contributed by atoms with Crippen molar-refractivity contribution in [1.82, 2.24) is 0 Å². The first-order valence-corrected chi connectivity index (χ1v) is 4.78. The summed E-state index contributed by atoms with van der Waals surface area (Å²) in [5, 5.41) is 9.28. The van der Waals surface area contributed by atoms with Crippen LogP contribution < -0.4 is 4.74 Å². The van der Waals surface area contributed by atoms with Gasteiger partial charge >= 0.3 is 6.18 Å². The van der Waals surface area contributed by atoms with Gasteiger partial charge in [0, 0.05) is 0 Å². The van der Waals surface area contributed by atoms with Gasteiger partial charge in [-0.15, -0.1) is 0 Å². The first-order valence-electron chi connectivity index (χ1n) is 4.78. The normalized spacial score (nSPS) is 13.6. The average Bonchev–Trinajstić information content (AvgIpc) is 2.14. The Kier molecular flexibility index (Phi) is 3.80. The summed E-state index contributed by atoms with van der Waals surface area (Å²) in [6.07, 6.45) is -4.98. The summed E-state index contributed by atoms with van der Waals surface area (Å²) in [5.41, 5.74) is 1.22. The smallest absolute Gasteiger partial charge is 0.422 e. The molecule has 0 saturated carbocycles. The lowest BCUT2D eigenvalue weighted by atomic mass is 10.1. The molecule has 0 unspecified atom stereocenters. The van der Waals surface area contributed by atoms with Gasteiger partial charge in [0.05, 0.1) is 6.10 Å². The molecule has 0 amide bonds. The minimum Gasteiger partial charge on any atom is -0.484 e. The second-order valence-electron chi connectivity index (χ2n) is 3.60. The Morgan fingerprint density at radius 3 is 2.44 bits per heavy atom. The number of aliphatic hydroxyl groups is 1. The Morgan fingerprint density at radius 1 is 1.38 bits per heavy atom. The fourth-order valence-electron chi connectivity index (χ4n) is 1.25. The topological polar surface area (TPSA) is 29.5 Å². The van der Waals surface area contributed by atoms with Crippen molar-refractivity contribution >= 4 is 0 Å². The summed E-state index contributed by atoms with van der Waals surface area (Å²) in [7, 11) is 0. The zero-order chi connectivity index (χ0) is 12.3. The quantitative estimate of drug-likeness (QED) is 0.871. The highest BCUT2D eigenvalue weighted by molar-refractivity contribution is 5.36. The first kappa shape index (κ1) is 12.8. The fourth-order valence-corrected chi connectivity index (χ4v) is 1.25. The molecule has 1 atom stereocenters. The van der Waals surface area contributed by atoms with Gasteiger partial charge in [-0.25, -0.2) is 0 Å². The van der Waals surface area contributed by atoms with Crippen molar-refractivity contribution < 1.29 is 23.0 Å². The van der Waals surface area contributed by atoms with Crippen LogP contribution in [0.25, 0.3) is 0 Å². The van der Waals surface area contributed by atoms with Crippen molar-refractivity contribution in [2.45, 2.75) is 26.1 Å². The predicted molar refractivity (Wildman–Crippen MR) is 53.4 cm³/mol. The number of aryl methyl sites for hydroxylation is 1. The van der Waals surface area contributed by atoms with Crippen LogP contribution in [-0.4, -0.2) is 17.9 Å². The van der Waals surface area contributed by atoms with Crippen molar-refractivity contribution in [2.24, 2.45) is 0 Å². The molecule has 0 spiro atoms. The molecular formula is C11H13F3O2. The number of aliphatic hydroxyl groups excluding tert-OH is 1. The Bertz CT molecular complexity index is 359. The van der Waals surface area contributed by atoms with Crippen LogP contribution in [0, 0.1) is 6.92 Å². The summed E-state index contributed by atoms with van der Waals surface area (Å²) in [4.78, 5) is 0. The summed E-state index contributed by atoms with van der Waals surface area (Å²) >= 11 is 0. The number of benzene rings is 1. The average molecular weight is 234 g/mol. The molecule has 2 nitrogen and oxygen atoms in total. The molecule has 0 aromatic heterocycles. The molecule has 0 heterocycles. The van der Waals surface area contributed by atoms with Gasteiger partial charge in [0.2, 0.25) is 0 Å². The highest BCUT2D eigenvalue weighted by atomic mass is 19.4. The van der Waals surface area contributed by atoms with Gasteiger partial charge in [-0.05, 0) is 37.1 Å². The van der Waals surface area contributed by atoms with Gasteiger partial charge in [-0.2, -0.15) is 13.2 Å². The molecule has 5 heteroatoms. The summed E-state index contributed by atoms with van der Waals surface area (Å²) in [6, 6.07) is 4.59. The van der Waals surface area contributed by atoms with E-state index in [1.807, 2.05) is 0 Å². The van der Waals surface area contributed by atoms with Crippen molar-refractivity contribution in [2.75, 3.05) is 6.61 Å². The van der Waals surface area contributed by atoms with Gasteiger partial charge in [0.25, 0.3) is 0 Å². The van der Waals surface area contributed by atoms with E-state index in [0.29, 0.717) is 11.1 Å². The highest BCUT2D eigenvalue weighted by Gasteiger charge is 2.28. The standard InChI is InChI=1S/C11H13F3O2/c1-7-5-9(8(2)15)3-4-10(7)16-6-11(12,13)14/h3-5,8,15H,6H2,1-2H3/t8-/m0/s1. The van der Waals surface area contributed by atoms with Gasteiger partial charge in [-0.3, -0.25) is 0 Å². The Balaban J connectivity index is 2.76. The van der Waals surface area contributed by atoms with Gasteiger partial charge < -0.3 is 9.84 Å². The maximum atomic E-state index is 11.9. The summed E-state index contributed by atoms with van der Waals surface area (Å²) < 4.78 is 40.4. The minimum atomic E-state index is -4.34. The van der Waals surface area contributed by atoms with E-state index >= 15 is 0 Å². The number of ether oxygens (including phenoxy) is 1. The van der Waals surface area contributed by atoms with E-state index in [9.17, 15) is 18.3 Å². The number of halogens is 3. The van der Waals surface area contributed by atoms with Crippen LogP contribution in [0.4, 0.5) is 13.2 Å². The van der Waals surface area contributed by atoms with Crippen LogP contribution in [-0.2, 0) is 0 Å². The summed E-state index contributed by atoms with van der Waals surface area (Å²) in [6.45, 7) is 1.92. The zero-order valence-electron chi connectivity index (χ0n) is 9.01. The number of rotatable bonds is 3. The number of alkyl halides is 3. The van der Waals surface area contributed by atoms with E-state index in [4.69, 9.17) is 0 Å². The maximum absolute atomic E-state index is 11.9. The molecule has 1 aromatic rings. The van der Waals surface area contributed by atoms with Crippen LogP contribution in [0.3, 0.4) is 0 Å². The lowest BCUT2D eigenvalue weighted by Gasteiger charge is -2.13. The van der Waals surface area contributed by atoms with Crippen LogP contribution in [0.2, 0.25) is 0 Å². The molecule has 0 saturated heterocycles. The number of hydrogen-bond donors (Lipinski definition) is 1. The van der Waals surface area contributed by atoms with Crippen molar-refractivity contribution in [3.63, 3.8) is 0 Å². The molecule has 0 aliphatic carbocycles. The van der Waals surface area contributed by atoms with Crippen LogP contribution in [0.5, 0.6) is 5.75 Å². The molecular weight excluding hydrogens is 221 g/mol. The van der Waals surface area contributed by atoms with E-state index in [0.717, 1.165) is 0 Å². The highest BCUT2D eigenvalue weighted by Crippen LogP contribution is 2.24. The van der Waals surface area contributed by atoms with Crippen molar-refractivity contribution in [3.05, 3.63) is 29.3 Å². The fraction of sp³-hybridized carbons (Fsp3) is 0.455. The molecule has 0 radical (unpaired) electrons. The molecule has 16 heavy (non-hydrogen) atoms. The molecule has 1 N–H and O–H groups in total. The van der Waals surface area contributed by atoms with E-state index < -0.39 is 18.9 Å². The Labute approximate surface area is 91.7 Å². The second kappa shape index (κ2) is 4.74. The maximum Gasteiger partial charge on any atom is 0.422 e. The zero-order valence-corrected chi connectivity index (χ0v) is 9.01. The third kappa shape index (κ3) is 3.73. The molecule has 1 rings (SSSR count). The summed E-state index contributed by atoms with van der Waals surface area (Å²) in [5.74, 6) is 0.182. The predicted octanol–water partition coefficient (Wildman–Crippen LogP) is 2.99. The molecule has 0 bridgehead atoms. The van der Waals surface area contributed by atoms with Gasteiger partial charge in [0.1, 0.15) is 5.75 Å². The van der Waals surface area contributed by atoms with Crippen molar-refractivity contribution in [3.8, 4) is 5.75 Å². The largest absolute Gasteiger partial charge is 0.484 e. The number of hydrogen-bond acceptors (Lipinski definition) is 2. The van der Waals surface area contributed by atoms with E-state index in [1.165, 1.54) is 6.07 Å². The van der Waals surface area contributed by atoms with E-state index in [-0.39, 0.29) is 5.75 Å². The SMILES string of the molecule is Cc1cc([C@H](C)O)ccc1OCC(F)(F)F. The van der Waals surface area contributed by atoms with Crippen LogP contribution >= 0.6 is 0 Å². The Morgan fingerprint density at radius 2 is 2.00 bits per heavy atom. The third-order valence-corrected chi connectivity index (χ3v) is 2.07. The molecule has 90 valence electrons. The first-order chi connectivity index (χ1) is 7.29. The lowest BCUT2D eigenvalue weighted by molar-refractivity contribution is -0.153. The second-order valence-corrected chi connectivity index (χ2v) is 3.60. The molecule has 1 aromatic carbocycles. The third-order valence-electron chi connectivity index (χ3n) is 2.07. The molecule has 0 aliphatic rings. The van der Waals surface area contributed by atoms with Gasteiger partial charge in [-0.1, -0.05) is 6.07 Å². The van der Waals surface area contributed by atoms with Gasteiger partial charge in [0.15, 0.2) is 6.61 Å². The molecule has 0 fully saturated rings. The monoisotopic (exact) mass is 234 g/mol. The van der Waals surface area contributed by atoms with E-state index in [1.54, 1.807) is 26.0 Å².